The molecule has 0 saturated heterocycles. The molecule has 1 N–H and O–H groups in total. The van der Waals surface area contributed by atoms with Crippen LogP contribution in [0.3, 0.4) is 0 Å². The molecule has 0 aromatic heterocycles. The number of rotatable bonds is 17. The van der Waals surface area contributed by atoms with Gasteiger partial charge in [-0.3, -0.25) is 0 Å². The van der Waals surface area contributed by atoms with Crippen LogP contribution in [-0.4, -0.2) is 12.6 Å². The van der Waals surface area contributed by atoms with Gasteiger partial charge in [0.15, 0.2) is 0 Å². The second-order valence-electron chi connectivity index (χ2n) is 8.29. The van der Waals surface area contributed by atoms with E-state index in [1.165, 1.54) is 83.6 Å². The third-order valence-corrected chi connectivity index (χ3v) is 5.72. The minimum absolute atomic E-state index is 0.674. The summed E-state index contributed by atoms with van der Waals surface area (Å²) in [7, 11) is 0. The molecule has 0 aliphatic rings. The van der Waals surface area contributed by atoms with Gasteiger partial charge in [0.25, 0.3) is 0 Å². The molecule has 0 aliphatic carbocycles. The Balaban J connectivity index is 4.25. The Morgan fingerprint density at radius 1 is 0.800 bits per heavy atom. The van der Waals surface area contributed by atoms with Crippen molar-refractivity contribution in [2.75, 3.05) is 6.54 Å². The first kappa shape index (κ1) is 24.7. The predicted molar refractivity (Wildman–Crippen MR) is 116 cm³/mol. The fraction of sp³-hybridized carbons (Fsp3) is 0.917. The lowest BCUT2D eigenvalue weighted by Gasteiger charge is -2.24. The fourth-order valence-corrected chi connectivity index (χ4v) is 3.92. The van der Waals surface area contributed by atoms with Crippen molar-refractivity contribution in [2.45, 2.75) is 125 Å². The summed E-state index contributed by atoms with van der Waals surface area (Å²) in [4.78, 5) is 0. The topological polar surface area (TPSA) is 12.0 Å². The van der Waals surface area contributed by atoms with Gasteiger partial charge in [0, 0.05) is 6.04 Å². The fourth-order valence-electron chi connectivity index (χ4n) is 3.92. The van der Waals surface area contributed by atoms with Crippen molar-refractivity contribution in [3.8, 4) is 0 Å². The van der Waals surface area contributed by atoms with E-state index >= 15 is 0 Å². The summed E-state index contributed by atoms with van der Waals surface area (Å²) in [6.07, 6.45) is 18.6. The van der Waals surface area contributed by atoms with Gasteiger partial charge in [0.05, 0.1) is 0 Å². The summed E-state index contributed by atoms with van der Waals surface area (Å²) in [5, 5.41) is 3.87. The van der Waals surface area contributed by atoms with Gasteiger partial charge in [0.1, 0.15) is 0 Å². The Kier molecular flexibility index (Phi) is 16.9. The number of hydrogen-bond donors (Lipinski definition) is 1. The zero-order chi connectivity index (χ0) is 18.9. The maximum Gasteiger partial charge on any atom is 0.0104 e. The maximum atomic E-state index is 3.87. The van der Waals surface area contributed by atoms with E-state index < -0.39 is 0 Å². The molecule has 0 radical (unpaired) electrons. The number of nitrogens with one attached hydrogen (secondary N) is 1. The largest absolute Gasteiger partial charge is 0.314 e. The zero-order valence-corrected chi connectivity index (χ0v) is 18.5. The molecule has 25 heavy (non-hydrogen) atoms. The van der Waals surface area contributed by atoms with Crippen molar-refractivity contribution in [3.63, 3.8) is 0 Å². The Hall–Kier alpha value is -0.300. The van der Waals surface area contributed by atoms with Gasteiger partial charge < -0.3 is 5.32 Å². The Labute approximate surface area is 160 Å². The van der Waals surface area contributed by atoms with Crippen molar-refractivity contribution in [1.29, 1.82) is 0 Å². The number of allylic oxidation sites excluding steroid dienone is 1. The summed E-state index contributed by atoms with van der Waals surface area (Å²) in [5.74, 6) is 1.62. The highest BCUT2D eigenvalue weighted by atomic mass is 14.9. The average Bonchev–Trinajstić information content (AvgIpc) is 2.59. The van der Waals surface area contributed by atoms with Crippen LogP contribution in [0.2, 0.25) is 0 Å². The van der Waals surface area contributed by atoms with Crippen LogP contribution < -0.4 is 5.32 Å². The number of hydrogen-bond acceptors (Lipinski definition) is 1. The molecule has 0 amide bonds. The van der Waals surface area contributed by atoms with Gasteiger partial charge >= 0.3 is 0 Å². The first-order chi connectivity index (χ1) is 12.1. The van der Waals surface area contributed by atoms with Crippen LogP contribution in [0.5, 0.6) is 0 Å². The van der Waals surface area contributed by atoms with E-state index in [4.69, 9.17) is 0 Å². The summed E-state index contributed by atoms with van der Waals surface area (Å²) in [6.45, 7) is 15.2. The summed E-state index contributed by atoms with van der Waals surface area (Å²) >= 11 is 0. The molecule has 3 unspecified atom stereocenters. The summed E-state index contributed by atoms with van der Waals surface area (Å²) < 4.78 is 0. The van der Waals surface area contributed by atoms with Crippen LogP contribution in [0.1, 0.15) is 119 Å². The highest BCUT2D eigenvalue weighted by molar-refractivity contribution is 5.06. The van der Waals surface area contributed by atoms with E-state index in [0.29, 0.717) is 6.04 Å². The molecule has 0 fully saturated rings. The first-order valence-corrected chi connectivity index (χ1v) is 11.5. The molecule has 0 aliphatic heterocycles. The summed E-state index contributed by atoms with van der Waals surface area (Å²) in [5.41, 5.74) is 1.68. The van der Waals surface area contributed by atoms with Crippen LogP contribution in [0.15, 0.2) is 11.6 Å². The van der Waals surface area contributed by atoms with Crippen molar-refractivity contribution in [3.05, 3.63) is 11.6 Å². The lowest BCUT2D eigenvalue weighted by atomic mass is 9.88. The zero-order valence-electron chi connectivity index (χ0n) is 18.5. The van der Waals surface area contributed by atoms with Gasteiger partial charge in [-0.05, 0) is 51.0 Å². The molecule has 0 spiro atoms. The van der Waals surface area contributed by atoms with E-state index in [9.17, 15) is 0 Å². The second kappa shape index (κ2) is 17.1. The molecule has 0 heterocycles. The molecule has 0 rings (SSSR count). The monoisotopic (exact) mass is 351 g/mol. The van der Waals surface area contributed by atoms with Crippen molar-refractivity contribution in [1.82, 2.24) is 5.32 Å². The van der Waals surface area contributed by atoms with Crippen molar-refractivity contribution >= 4 is 0 Å². The molecule has 0 aromatic carbocycles. The molecular formula is C24H49N. The third kappa shape index (κ3) is 13.5. The molecule has 0 bridgehead atoms. The second-order valence-corrected chi connectivity index (χ2v) is 8.29. The van der Waals surface area contributed by atoms with Crippen molar-refractivity contribution in [2.24, 2.45) is 11.8 Å². The normalized spacial score (nSPS) is 16.0. The Bertz CT molecular complexity index is 307. The van der Waals surface area contributed by atoms with Crippen LogP contribution >= 0.6 is 0 Å². The van der Waals surface area contributed by atoms with E-state index in [1.54, 1.807) is 5.57 Å². The van der Waals surface area contributed by atoms with Gasteiger partial charge in [0.2, 0.25) is 0 Å². The summed E-state index contributed by atoms with van der Waals surface area (Å²) in [6, 6.07) is 0.674. The van der Waals surface area contributed by atoms with Crippen LogP contribution in [0.25, 0.3) is 0 Å². The van der Waals surface area contributed by atoms with E-state index in [-0.39, 0.29) is 0 Å². The van der Waals surface area contributed by atoms with Gasteiger partial charge in [-0.1, -0.05) is 97.6 Å². The Morgan fingerprint density at radius 3 is 2.08 bits per heavy atom. The Morgan fingerprint density at radius 2 is 1.48 bits per heavy atom. The SMILES string of the molecule is C/C=C(/CC(CCC)NCCC(C)CCC)C(C)CCCCCCC. The van der Waals surface area contributed by atoms with E-state index in [1.807, 2.05) is 0 Å². The van der Waals surface area contributed by atoms with Gasteiger partial charge in [-0.2, -0.15) is 0 Å². The molecule has 1 nitrogen and oxygen atoms in total. The molecule has 0 aromatic rings. The molecule has 0 saturated carbocycles. The minimum Gasteiger partial charge on any atom is -0.314 e. The highest BCUT2D eigenvalue weighted by Crippen LogP contribution is 2.24. The minimum atomic E-state index is 0.674. The smallest absolute Gasteiger partial charge is 0.0104 e. The molecule has 150 valence electrons. The predicted octanol–water partition coefficient (Wildman–Crippen LogP) is 7.90. The third-order valence-electron chi connectivity index (χ3n) is 5.72. The van der Waals surface area contributed by atoms with Gasteiger partial charge in [-0.25, -0.2) is 0 Å². The molecule has 3 atom stereocenters. The van der Waals surface area contributed by atoms with E-state index in [0.717, 1.165) is 11.8 Å². The standard InChI is InChI=1S/C24H49N/c1-7-11-12-13-14-17-22(6)23(10-4)20-24(16-9-3)25-19-18-21(5)15-8-2/h10,21-22,24-25H,7-9,11-20H2,1-6H3/b23-10-. The average molecular weight is 352 g/mol. The maximum absolute atomic E-state index is 3.87. The highest BCUT2D eigenvalue weighted by Gasteiger charge is 2.14. The van der Waals surface area contributed by atoms with Gasteiger partial charge in [-0.15, -0.1) is 0 Å². The van der Waals surface area contributed by atoms with E-state index in [2.05, 4.69) is 52.9 Å². The van der Waals surface area contributed by atoms with Crippen LogP contribution in [0.4, 0.5) is 0 Å². The lowest BCUT2D eigenvalue weighted by molar-refractivity contribution is 0.405. The van der Waals surface area contributed by atoms with Crippen LogP contribution in [0, 0.1) is 11.8 Å². The van der Waals surface area contributed by atoms with Crippen molar-refractivity contribution < 1.29 is 0 Å². The molecule has 1 heteroatoms. The first-order valence-electron chi connectivity index (χ1n) is 11.5. The lowest BCUT2D eigenvalue weighted by Crippen LogP contribution is -2.31. The van der Waals surface area contributed by atoms with Crippen LogP contribution in [-0.2, 0) is 0 Å². The molecular weight excluding hydrogens is 302 g/mol. The number of unbranched alkanes of at least 4 members (excludes halogenated alkanes) is 4. The quantitative estimate of drug-likeness (QED) is 0.207.